The molecule has 1 atom stereocenters. The lowest BCUT2D eigenvalue weighted by molar-refractivity contribution is 0.532. The van der Waals surface area contributed by atoms with Crippen LogP contribution in [0.3, 0.4) is 0 Å². The molecule has 0 saturated heterocycles. The smallest absolute Gasteiger partial charge is 0.124 e. The average molecular weight is 256 g/mol. The lowest BCUT2D eigenvalue weighted by atomic mass is 10.1. The highest BCUT2D eigenvalue weighted by Crippen LogP contribution is 2.33. The number of hydrogen-bond acceptors (Lipinski definition) is 1. The Morgan fingerprint density at radius 1 is 1.47 bits per heavy atom. The van der Waals surface area contributed by atoms with E-state index in [9.17, 15) is 4.39 Å². The minimum atomic E-state index is -0.278. The Labute approximate surface area is 107 Å². The fourth-order valence-electron chi connectivity index (χ4n) is 2.08. The standard InChI is InChI=1S/C14H19ClFN/c1-10(17-8-2-3-11-4-5-11)13-7-6-12(16)9-14(13)15/h6-7,9-11,17H,2-5,8H2,1H3. The SMILES string of the molecule is CC(NCCCC1CC1)c1ccc(F)cc1Cl. The second-order valence-corrected chi connectivity index (χ2v) is 5.33. The molecule has 0 heterocycles. The zero-order chi connectivity index (χ0) is 12.3. The zero-order valence-corrected chi connectivity index (χ0v) is 10.9. The summed E-state index contributed by atoms with van der Waals surface area (Å²) in [7, 11) is 0. The van der Waals surface area contributed by atoms with E-state index in [1.807, 2.05) is 0 Å². The molecule has 0 amide bonds. The van der Waals surface area contributed by atoms with Crippen LogP contribution < -0.4 is 5.32 Å². The first-order valence-corrected chi connectivity index (χ1v) is 6.73. The Balaban J connectivity index is 1.78. The maximum Gasteiger partial charge on any atom is 0.124 e. The molecule has 1 aromatic rings. The van der Waals surface area contributed by atoms with E-state index in [0.29, 0.717) is 5.02 Å². The van der Waals surface area contributed by atoms with Crippen molar-refractivity contribution in [3.8, 4) is 0 Å². The van der Waals surface area contributed by atoms with E-state index in [1.165, 1.54) is 37.8 Å². The van der Waals surface area contributed by atoms with Crippen LogP contribution in [0.25, 0.3) is 0 Å². The topological polar surface area (TPSA) is 12.0 Å². The summed E-state index contributed by atoms with van der Waals surface area (Å²) in [6, 6.07) is 4.78. The van der Waals surface area contributed by atoms with Crippen molar-refractivity contribution in [2.45, 2.75) is 38.6 Å². The maximum absolute atomic E-state index is 12.9. The van der Waals surface area contributed by atoms with Crippen LogP contribution in [0.1, 0.15) is 44.2 Å². The van der Waals surface area contributed by atoms with Gasteiger partial charge < -0.3 is 5.32 Å². The predicted molar refractivity (Wildman–Crippen MR) is 69.8 cm³/mol. The number of nitrogens with one attached hydrogen (secondary N) is 1. The minimum absolute atomic E-state index is 0.183. The largest absolute Gasteiger partial charge is 0.310 e. The van der Waals surface area contributed by atoms with E-state index in [4.69, 9.17) is 11.6 Å². The lowest BCUT2D eigenvalue weighted by Gasteiger charge is -2.15. The van der Waals surface area contributed by atoms with E-state index in [-0.39, 0.29) is 11.9 Å². The average Bonchev–Trinajstić information content (AvgIpc) is 3.08. The number of hydrogen-bond donors (Lipinski definition) is 1. The van der Waals surface area contributed by atoms with Gasteiger partial charge in [-0.25, -0.2) is 4.39 Å². The van der Waals surface area contributed by atoms with Crippen molar-refractivity contribution < 1.29 is 4.39 Å². The molecule has 0 bridgehead atoms. The van der Waals surface area contributed by atoms with Crippen molar-refractivity contribution in [3.63, 3.8) is 0 Å². The minimum Gasteiger partial charge on any atom is -0.310 e. The Hall–Kier alpha value is -0.600. The summed E-state index contributed by atoms with van der Waals surface area (Å²) in [4.78, 5) is 0. The molecule has 0 spiro atoms. The molecule has 17 heavy (non-hydrogen) atoms. The molecule has 1 fully saturated rings. The van der Waals surface area contributed by atoms with E-state index in [0.717, 1.165) is 18.0 Å². The van der Waals surface area contributed by atoms with Crippen molar-refractivity contribution in [1.29, 1.82) is 0 Å². The molecule has 3 heteroatoms. The lowest BCUT2D eigenvalue weighted by Crippen LogP contribution is -2.20. The summed E-state index contributed by atoms with van der Waals surface area (Å²) in [5.41, 5.74) is 0.972. The maximum atomic E-state index is 12.9. The van der Waals surface area contributed by atoms with E-state index >= 15 is 0 Å². The van der Waals surface area contributed by atoms with Gasteiger partial charge in [-0.3, -0.25) is 0 Å². The van der Waals surface area contributed by atoms with Gasteiger partial charge in [0, 0.05) is 11.1 Å². The monoisotopic (exact) mass is 255 g/mol. The molecule has 1 N–H and O–H groups in total. The Bertz CT molecular complexity index is 376. The molecule has 94 valence electrons. The number of benzene rings is 1. The molecule has 1 aliphatic rings. The number of halogens is 2. The van der Waals surface area contributed by atoms with Gasteiger partial charge >= 0.3 is 0 Å². The third-order valence-electron chi connectivity index (χ3n) is 3.37. The van der Waals surface area contributed by atoms with Crippen molar-refractivity contribution in [2.75, 3.05) is 6.54 Å². The van der Waals surface area contributed by atoms with Crippen LogP contribution >= 0.6 is 11.6 Å². The van der Waals surface area contributed by atoms with Gasteiger partial charge in [-0.15, -0.1) is 0 Å². The van der Waals surface area contributed by atoms with Gasteiger partial charge in [0.25, 0.3) is 0 Å². The second-order valence-electron chi connectivity index (χ2n) is 4.93. The molecule has 0 aliphatic heterocycles. The van der Waals surface area contributed by atoms with Gasteiger partial charge in [0.05, 0.1) is 0 Å². The van der Waals surface area contributed by atoms with Gasteiger partial charge in [-0.2, -0.15) is 0 Å². The van der Waals surface area contributed by atoms with Crippen molar-refractivity contribution in [3.05, 3.63) is 34.6 Å². The van der Waals surface area contributed by atoms with E-state index < -0.39 is 0 Å². The Kier molecular flexibility index (Phi) is 4.41. The van der Waals surface area contributed by atoms with Gasteiger partial charge in [0.2, 0.25) is 0 Å². The highest BCUT2D eigenvalue weighted by atomic mass is 35.5. The van der Waals surface area contributed by atoms with Crippen LogP contribution in [0, 0.1) is 11.7 Å². The Morgan fingerprint density at radius 3 is 2.88 bits per heavy atom. The molecule has 2 rings (SSSR count). The summed E-state index contributed by atoms with van der Waals surface area (Å²) in [6.07, 6.45) is 5.38. The summed E-state index contributed by atoms with van der Waals surface area (Å²) < 4.78 is 12.9. The van der Waals surface area contributed by atoms with Crippen molar-refractivity contribution >= 4 is 11.6 Å². The van der Waals surface area contributed by atoms with Crippen LogP contribution in [0.2, 0.25) is 5.02 Å². The van der Waals surface area contributed by atoms with Gasteiger partial charge in [-0.1, -0.05) is 30.5 Å². The van der Waals surface area contributed by atoms with Crippen molar-refractivity contribution in [1.82, 2.24) is 5.32 Å². The van der Waals surface area contributed by atoms with Gasteiger partial charge in [0.1, 0.15) is 5.82 Å². The van der Waals surface area contributed by atoms with Crippen LogP contribution in [-0.2, 0) is 0 Å². The quantitative estimate of drug-likeness (QED) is 0.747. The highest BCUT2D eigenvalue weighted by Gasteiger charge is 2.20. The van der Waals surface area contributed by atoms with Crippen LogP contribution in [0.15, 0.2) is 18.2 Å². The number of rotatable bonds is 6. The third-order valence-corrected chi connectivity index (χ3v) is 3.69. The van der Waals surface area contributed by atoms with E-state index in [2.05, 4.69) is 12.2 Å². The first-order chi connectivity index (χ1) is 8.16. The van der Waals surface area contributed by atoms with E-state index in [1.54, 1.807) is 6.07 Å². The normalized spacial score (nSPS) is 17.1. The highest BCUT2D eigenvalue weighted by molar-refractivity contribution is 6.31. The Morgan fingerprint density at radius 2 is 2.24 bits per heavy atom. The third kappa shape index (κ3) is 3.97. The van der Waals surface area contributed by atoms with Gasteiger partial charge in [0.15, 0.2) is 0 Å². The predicted octanol–water partition coefficient (Wildman–Crippen LogP) is 4.32. The summed E-state index contributed by atoms with van der Waals surface area (Å²) in [6.45, 7) is 3.07. The molecule has 1 aromatic carbocycles. The summed E-state index contributed by atoms with van der Waals surface area (Å²) >= 11 is 6.02. The summed E-state index contributed by atoms with van der Waals surface area (Å²) in [5.74, 6) is 0.709. The van der Waals surface area contributed by atoms with Crippen LogP contribution in [0.5, 0.6) is 0 Å². The molecule has 0 aromatic heterocycles. The summed E-state index contributed by atoms with van der Waals surface area (Å²) in [5, 5.41) is 3.94. The first-order valence-electron chi connectivity index (χ1n) is 6.35. The molecular formula is C14H19ClFN. The van der Waals surface area contributed by atoms with Crippen LogP contribution in [-0.4, -0.2) is 6.54 Å². The second kappa shape index (κ2) is 5.83. The first kappa shape index (κ1) is 12.8. The van der Waals surface area contributed by atoms with Gasteiger partial charge in [-0.05, 0) is 49.9 Å². The fraction of sp³-hybridized carbons (Fsp3) is 0.571. The molecular weight excluding hydrogens is 237 g/mol. The zero-order valence-electron chi connectivity index (χ0n) is 10.2. The molecule has 1 aliphatic carbocycles. The molecule has 0 radical (unpaired) electrons. The van der Waals surface area contributed by atoms with Crippen LogP contribution in [0.4, 0.5) is 4.39 Å². The molecule has 1 unspecified atom stereocenters. The molecule has 1 nitrogen and oxygen atoms in total. The fourth-order valence-corrected chi connectivity index (χ4v) is 2.41. The molecule has 1 saturated carbocycles. The van der Waals surface area contributed by atoms with Crippen molar-refractivity contribution in [2.24, 2.45) is 5.92 Å².